The van der Waals surface area contributed by atoms with E-state index in [2.05, 4.69) is 0 Å². The molecule has 7 nitrogen and oxygen atoms in total. The molecule has 2 aromatic rings. The fourth-order valence-electron chi connectivity index (χ4n) is 3.20. The van der Waals surface area contributed by atoms with E-state index >= 15 is 0 Å². The van der Waals surface area contributed by atoms with E-state index in [1.165, 1.54) is 7.11 Å². The number of nitrogen functional groups attached to an aromatic ring is 1. The lowest BCUT2D eigenvalue weighted by Crippen LogP contribution is -2.33. The highest BCUT2D eigenvalue weighted by atomic mass is 32.2. The zero-order valence-corrected chi connectivity index (χ0v) is 18.7. The summed E-state index contributed by atoms with van der Waals surface area (Å²) in [6, 6.07) is 8.53. The van der Waals surface area contributed by atoms with Crippen molar-refractivity contribution in [1.82, 2.24) is 4.90 Å². The van der Waals surface area contributed by atoms with Crippen LogP contribution in [0, 0.1) is 0 Å². The number of aldehydes is 1. The largest absolute Gasteiger partial charge is 0.495 e. The van der Waals surface area contributed by atoms with Crippen molar-refractivity contribution in [3.05, 3.63) is 47.0 Å². The van der Waals surface area contributed by atoms with Gasteiger partial charge >= 0.3 is 0 Å². The molecule has 0 aliphatic carbocycles. The minimum Gasteiger partial charge on any atom is -0.495 e. The van der Waals surface area contributed by atoms with E-state index in [4.69, 9.17) is 19.9 Å². The molecule has 1 amide bonds. The first kappa shape index (κ1) is 23.4. The molecule has 30 heavy (non-hydrogen) atoms. The number of anilines is 1. The summed E-state index contributed by atoms with van der Waals surface area (Å²) in [6.07, 6.45) is 2.56. The van der Waals surface area contributed by atoms with Crippen LogP contribution in [0.2, 0.25) is 0 Å². The monoisotopic (exact) mass is 432 g/mol. The molecule has 2 N–H and O–H groups in total. The predicted molar refractivity (Wildman–Crippen MR) is 120 cm³/mol. The number of carbonyl (C=O) groups excluding carboxylic acids is 2. The summed E-state index contributed by atoms with van der Waals surface area (Å²) in [5.41, 5.74) is 7.42. The third-order valence-corrected chi connectivity index (χ3v) is 5.45. The molecular weight excluding hydrogens is 404 g/mol. The zero-order chi connectivity index (χ0) is 22.3. The van der Waals surface area contributed by atoms with Crippen LogP contribution in [0.4, 0.5) is 5.69 Å². The van der Waals surface area contributed by atoms with Crippen molar-refractivity contribution in [1.29, 1.82) is 0 Å². The molecule has 0 spiro atoms. The fourth-order valence-corrected chi connectivity index (χ4v) is 3.93. The Morgan fingerprint density at radius 3 is 2.40 bits per heavy atom. The maximum absolute atomic E-state index is 13.3. The Labute approximate surface area is 181 Å². The molecule has 0 saturated heterocycles. The molecule has 8 heteroatoms. The third kappa shape index (κ3) is 4.81. The molecular formula is C22H28N2O5S. The molecule has 0 radical (unpaired) electrons. The minimum atomic E-state index is -0.306. The van der Waals surface area contributed by atoms with Gasteiger partial charge in [-0.05, 0) is 43.0 Å². The summed E-state index contributed by atoms with van der Waals surface area (Å²) in [7, 11) is 4.76. The van der Waals surface area contributed by atoms with Crippen molar-refractivity contribution in [3.8, 4) is 17.2 Å². The normalized spacial score (nSPS) is 11.5. The Kier molecular flexibility index (Phi) is 8.41. The van der Waals surface area contributed by atoms with Gasteiger partial charge in [-0.3, -0.25) is 9.59 Å². The molecule has 0 heterocycles. The SMILES string of the molecule is CCOc1cc(C(CSC)N(C)C(=O)c2ccc(OC)c(N)c2C=O)ccc1OC. The van der Waals surface area contributed by atoms with Crippen LogP contribution in [0.3, 0.4) is 0 Å². The van der Waals surface area contributed by atoms with E-state index in [0.29, 0.717) is 35.9 Å². The van der Waals surface area contributed by atoms with Gasteiger partial charge in [-0.2, -0.15) is 11.8 Å². The molecule has 0 aromatic heterocycles. The van der Waals surface area contributed by atoms with Gasteiger partial charge in [0.25, 0.3) is 5.91 Å². The summed E-state index contributed by atoms with van der Waals surface area (Å²) < 4.78 is 16.2. The van der Waals surface area contributed by atoms with Crippen molar-refractivity contribution in [3.63, 3.8) is 0 Å². The van der Waals surface area contributed by atoms with E-state index in [-0.39, 0.29) is 28.8 Å². The van der Waals surface area contributed by atoms with Crippen LogP contribution in [-0.4, -0.2) is 57.0 Å². The topological polar surface area (TPSA) is 91.1 Å². The van der Waals surface area contributed by atoms with E-state index in [1.807, 2.05) is 31.4 Å². The van der Waals surface area contributed by atoms with Crippen molar-refractivity contribution >= 4 is 29.6 Å². The quantitative estimate of drug-likeness (QED) is 0.452. The first-order valence-electron chi connectivity index (χ1n) is 9.41. The van der Waals surface area contributed by atoms with Gasteiger partial charge in [-0.25, -0.2) is 0 Å². The maximum atomic E-state index is 13.3. The van der Waals surface area contributed by atoms with Gasteiger partial charge in [0.15, 0.2) is 17.8 Å². The van der Waals surface area contributed by atoms with Crippen molar-refractivity contribution < 1.29 is 23.8 Å². The van der Waals surface area contributed by atoms with Gasteiger partial charge in [-0.15, -0.1) is 0 Å². The molecule has 0 aliphatic heterocycles. The van der Waals surface area contributed by atoms with E-state index in [9.17, 15) is 9.59 Å². The highest BCUT2D eigenvalue weighted by Crippen LogP contribution is 2.34. The molecule has 1 atom stereocenters. The van der Waals surface area contributed by atoms with Crippen molar-refractivity contribution in [2.75, 3.05) is 45.6 Å². The summed E-state index contributed by atoms with van der Waals surface area (Å²) in [5, 5.41) is 0. The van der Waals surface area contributed by atoms with E-state index in [0.717, 1.165) is 5.56 Å². The number of nitrogens with two attached hydrogens (primary N) is 1. The van der Waals surface area contributed by atoms with Crippen LogP contribution in [0.15, 0.2) is 30.3 Å². The molecule has 0 bridgehead atoms. The van der Waals surface area contributed by atoms with E-state index < -0.39 is 0 Å². The lowest BCUT2D eigenvalue weighted by Gasteiger charge is -2.29. The Balaban J connectivity index is 2.46. The average molecular weight is 433 g/mol. The zero-order valence-electron chi connectivity index (χ0n) is 17.9. The second kappa shape index (κ2) is 10.8. The van der Waals surface area contributed by atoms with Crippen LogP contribution in [0.5, 0.6) is 17.2 Å². The minimum absolute atomic E-state index is 0.124. The molecule has 0 saturated carbocycles. The van der Waals surface area contributed by atoms with Gasteiger partial charge in [0.2, 0.25) is 0 Å². The van der Waals surface area contributed by atoms with Crippen LogP contribution in [0.25, 0.3) is 0 Å². The Morgan fingerprint density at radius 2 is 1.83 bits per heavy atom. The lowest BCUT2D eigenvalue weighted by molar-refractivity contribution is 0.0742. The first-order chi connectivity index (χ1) is 14.4. The number of carbonyl (C=O) groups is 2. The van der Waals surface area contributed by atoms with Crippen molar-refractivity contribution in [2.24, 2.45) is 0 Å². The number of nitrogens with zero attached hydrogens (tertiary/aromatic N) is 1. The number of hydrogen-bond acceptors (Lipinski definition) is 7. The molecule has 0 aliphatic rings. The number of methoxy groups -OCH3 is 2. The lowest BCUT2D eigenvalue weighted by atomic mass is 10.0. The number of amides is 1. The number of benzene rings is 2. The van der Waals surface area contributed by atoms with Gasteiger partial charge in [0.1, 0.15) is 5.75 Å². The summed E-state index contributed by atoms with van der Waals surface area (Å²) in [5.74, 6) is 1.95. The Hall–Kier alpha value is -2.87. The molecule has 162 valence electrons. The first-order valence-corrected chi connectivity index (χ1v) is 10.8. The Bertz CT molecular complexity index is 903. The standard InChI is InChI=1S/C22H28N2O5S/c1-6-29-20-11-14(7-9-18(20)27-3)17(13-30-5)24(2)22(26)15-8-10-19(28-4)21(23)16(15)12-25/h7-12,17H,6,13,23H2,1-5H3. The van der Waals surface area contributed by atoms with Crippen LogP contribution in [-0.2, 0) is 0 Å². The smallest absolute Gasteiger partial charge is 0.254 e. The third-order valence-electron chi connectivity index (χ3n) is 4.80. The van der Waals surface area contributed by atoms with Gasteiger partial charge in [0, 0.05) is 12.8 Å². The number of hydrogen-bond donors (Lipinski definition) is 1. The molecule has 2 rings (SSSR count). The highest BCUT2D eigenvalue weighted by Gasteiger charge is 2.26. The summed E-state index contributed by atoms with van der Waals surface area (Å²) in [4.78, 5) is 26.6. The number of rotatable bonds is 10. The molecule has 2 aromatic carbocycles. The van der Waals surface area contributed by atoms with E-state index in [1.54, 1.807) is 43.0 Å². The van der Waals surface area contributed by atoms with Crippen LogP contribution in [0.1, 0.15) is 39.2 Å². The average Bonchev–Trinajstić information content (AvgIpc) is 2.76. The Morgan fingerprint density at radius 1 is 1.17 bits per heavy atom. The molecule has 0 fully saturated rings. The summed E-state index contributed by atoms with van der Waals surface area (Å²) >= 11 is 1.61. The van der Waals surface area contributed by atoms with Gasteiger partial charge in [0.05, 0.1) is 43.7 Å². The number of ether oxygens (including phenoxy) is 3. The van der Waals surface area contributed by atoms with Crippen LogP contribution >= 0.6 is 11.8 Å². The second-order valence-electron chi connectivity index (χ2n) is 6.49. The number of thioether (sulfide) groups is 1. The van der Waals surface area contributed by atoms with Crippen molar-refractivity contribution in [2.45, 2.75) is 13.0 Å². The predicted octanol–water partition coefficient (Wildman–Crippen LogP) is 3.67. The highest BCUT2D eigenvalue weighted by molar-refractivity contribution is 7.98. The van der Waals surface area contributed by atoms with Crippen LogP contribution < -0.4 is 19.9 Å². The fraction of sp³-hybridized carbons (Fsp3) is 0.364. The molecule has 1 unspecified atom stereocenters. The second-order valence-corrected chi connectivity index (χ2v) is 7.40. The van der Waals surface area contributed by atoms with Gasteiger partial charge < -0.3 is 24.8 Å². The van der Waals surface area contributed by atoms with Gasteiger partial charge in [-0.1, -0.05) is 6.07 Å². The maximum Gasteiger partial charge on any atom is 0.254 e. The summed E-state index contributed by atoms with van der Waals surface area (Å²) in [6.45, 7) is 2.39.